The quantitative estimate of drug-likeness (QED) is 0.741. The monoisotopic (exact) mass is 220 g/mol. The Morgan fingerprint density at radius 2 is 1.33 bits per heavy atom. The van der Waals surface area contributed by atoms with E-state index in [0.29, 0.717) is 0 Å². The van der Waals surface area contributed by atoms with E-state index in [-0.39, 0.29) is 6.61 Å². The maximum atomic E-state index is 8.68. The molecule has 1 N–H and O–H groups in total. The minimum Gasteiger partial charge on any atom is -0.395 e. The fourth-order valence-corrected chi connectivity index (χ4v) is 0.911. The SMILES string of the molecule is CC.CC.CCN(CCO)CCN(C)C. The molecule has 0 fully saturated rings. The Morgan fingerprint density at radius 1 is 0.867 bits per heavy atom. The third-order valence-electron chi connectivity index (χ3n) is 1.73. The standard InChI is InChI=1S/C8H20N2O.2C2H6/c1-4-10(7-8-11)6-5-9(2)3;2*1-2/h11H,4-8H2,1-3H3;2*1-2H3. The number of hydrogen-bond donors (Lipinski definition) is 1. The van der Waals surface area contributed by atoms with Gasteiger partial charge in [0, 0.05) is 19.6 Å². The summed E-state index contributed by atoms with van der Waals surface area (Å²) in [6, 6.07) is 0. The number of likely N-dealkylation sites (N-methyl/N-ethyl adjacent to an activating group) is 2. The van der Waals surface area contributed by atoms with Gasteiger partial charge in [0.25, 0.3) is 0 Å². The van der Waals surface area contributed by atoms with Crippen molar-refractivity contribution < 1.29 is 5.11 Å². The zero-order chi connectivity index (χ0) is 12.7. The first kappa shape index (κ1) is 20.3. The van der Waals surface area contributed by atoms with Crippen LogP contribution in [0.15, 0.2) is 0 Å². The van der Waals surface area contributed by atoms with Crippen molar-refractivity contribution >= 4 is 0 Å². The molecular formula is C12H32N2O. The molecule has 0 atom stereocenters. The van der Waals surface area contributed by atoms with Crippen LogP contribution in [0.2, 0.25) is 0 Å². The van der Waals surface area contributed by atoms with E-state index in [1.54, 1.807) is 0 Å². The molecule has 0 amide bonds. The summed E-state index contributed by atoms with van der Waals surface area (Å²) in [5.41, 5.74) is 0. The molecule has 0 unspecified atom stereocenters. The van der Waals surface area contributed by atoms with E-state index in [2.05, 4.69) is 30.8 Å². The van der Waals surface area contributed by atoms with Crippen molar-refractivity contribution in [2.45, 2.75) is 34.6 Å². The molecule has 3 nitrogen and oxygen atoms in total. The van der Waals surface area contributed by atoms with E-state index in [0.717, 1.165) is 26.2 Å². The first-order valence-corrected chi connectivity index (χ1v) is 6.18. The summed E-state index contributed by atoms with van der Waals surface area (Å²) in [5.74, 6) is 0. The average Bonchev–Trinajstić information content (AvgIpc) is 2.29. The number of rotatable bonds is 6. The molecule has 0 aromatic rings. The third-order valence-corrected chi connectivity index (χ3v) is 1.73. The lowest BCUT2D eigenvalue weighted by atomic mass is 10.4. The Morgan fingerprint density at radius 3 is 1.60 bits per heavy atom. The highest BCUT2D eigenvalue weighted by atomic mass is 16.3. The molecule has 0 radical (unpaired) electrons. The lowest BCUT2D eigenvalue weighted by Crippen LogP contribution is -2.33. The van der Waals surface area contributed by atoms with E-state index in [1.807, 2.05) is 27.7 Å². The Kier molecular flexibility index (Phi) is 26.3. The smallest absolute Gasteiger partial charge is 0.0558 e. The topological polar surface area (TPSA) is 26.7 Å². The molecule has 0 bridgehead atoms. The van der Waals surface area contributed by atoms with Gasteiger partial charge in [-0.05, 0) is 20.6 Å². The molecule has 0 aliphatic rings. The molecule has 15 heavy (non-hydrogen) atoms. The zero-order valence-corrected chi connectivity index (χ0v) is 11.9. The van der Waals surface area contributed by atoms with Gasteiger partial charge >= 0.3 is 0 Å². The summed E-state index contributed by atoms with van der Waals surface area (Å²) in [4.78, 5) is 4.39. The van der Waals surface area contributed by atoms with E-state index in [4.69, 9.17) is 5.11 Å². The summed E-state index contributed by atoms with van der Waals surface area (Å²) in [6.45, 7) is 14.3. The molecule has 0 rings (SSSR count). The largest absolute Gasteiger partial charge is 0.395 e. The Balaban J connectivity index is -0.000000318. The lowest BCUT2D eigenvalue weighted by Gasteiger charge is -2.21. The highest BCUT2D eigenvalue weighted by Crippen LogP contribution is 1.86. The van der Waals surface area contributed by atoms with E-state index in [9.17, 15) is 0 Å². The van der Waals surface area contributed by atoms with Crippen LogP contribution >= 0.6 is 0 Å². The number of aliphatic hydroxyl groups is 1. The van der Waals surface area contributed by atoms with Crippen LogP contribution in [-0.2, 0) is 0 Å². The summed E-state index contributed by atoms with van der Waals surface area (Å²) >= 11 is 0. The lowest BCUT2D eigenvalue weighted by molar-refractivity contribution is 0.189. The van der Waals surface area contributed by atoms with Crippen LogP contribution in [0.5, 0.6) is 0 Å². The fraction of sp³-hybridized carbons (Fsp3) is 1.00. The van der Waals surface area contributed by atoms with Crippen molar-refractivity contribution in [3.8, 4) is 0 Å². The molecule has 0 heterocycles. The van der Waals surface area contributed by atoms with Crippen molar-refractivity contribution in [3.05, 3.63) is 0 Å². The Hall–Kier alpha value is -0.120. The van der Waals surface area contributed by atoms with Gasteiger partial charge in [0.05, 0.1) is 6.61 Å². The summed E-state index contributed by atoms with van der Waals surface area (Å²) in [7, 11) is 4.12. The highest BCUT2D eigenvalue weighted by molar-refractivity contribution is 4.55. The Labute approximate surface area is 97.1 Å². The predicted molar refractivity (Wildman–Crippen MR) is 70.4 cm³/mol. The number of aliphatic hydroxyl groups excluding tert-OH is 1. The summed E-state index contributed by atoms with van der Waals surface area (Å²) < 4.78 is 0. The maximum absolute atomic E-state index is 8.68. The summed E-state index contributed by atoms with van der Waals surface area (Å²) in [6.07, 6.45) is 0. The first-order chi connectivity index (χ1) is 7.20. The molecule has 0 spiro atoms. The average molecular weight is 220 g/mol. The molecule has 96 valence electrons. The molecule has 0 aromatic carbocycles. The minimum absolute atomic E-state index is 0.265. The molecule has 0 aromatic heterocycles. The van der Waals surface area contributed by atoms with Crippen LogP contribution in [0.4, 0.5) is 0 Å². The van der Waals surface area contributed by atoms with Crippen molar-refractivity contribution in [2.24, 2.45) is 0 Å². The normalized spacial score (nSPS) is 9.20. The van der Waals surface area contributed by atoms with Crippen molar-refractivity contribution in [1.29, 1.82) is 0 Å². The second-order valence-electron chi connectivity index (χ2n) is 2.96. The second-order valence-corrected chi connectivity index (χ2v) is 2.96. The number of hydrogen-bond acceptors (Lipinski definition) is 3. The van der Waals surface area contributed by atoms with Crippen molar-refractivity contribution in [1.82, 2.24) is 9.80 Å². The van der Waals surface area contributed by atoms with Gasteiger partial charge in [-0.25, -0.2) is 0 Å². The first-order valence-electron chi connectivity index (χ1n) is 6.18. The van der Waals surface area contributed by atoms with Crippen LogP contribution in [0, 0.1) is 0 Å². The summed E-state index contributed by atoms with van der Waals surface area (Å²) in [5, 5.41) is 8.68. The van der Waals surface area contributed by atoms with Gasteiger partial charge in [0.15, 0.2) is 0 Å². The van der Waals surface area contributed by atoms with Gasteiger partial charge in [-0.15, -0.1) is 0 Å². The van der Waals surface area contributed by atoms with Crippen LogP contribution in [0.25, 0.3) is 0 Å². The Bertz CT molecular complexity index is 87.7. The van der Waals surface area contributed by atoms with Crippen molar-refractivity contribution in [3.63, 3.8) is 0 Å². The van der Waals surface area contributed by atoms with Crippen molar-refractivity contribution in [2.75, 3.05) is 46.9 Å². The predicted octanol–water partition coefficient (Wildman–Crippen LogP) is 1.91. The van der Waals surface area contributed by atoms with Gasteiger partial charge in [0.2, 0.25) is 0 Å². The zero-order valence-electron chi connectivity index (χ0n) is 11.9. The maximum Gasteiger partial charge on any atom is 0.0558 e. The van der Waals surface area contributed by atoms with E-state index in [1.165, 1.54) is 0 Å². The molecule has 0 aliphatic carbocycles. The van der Waals surface area contributed by atoms with E-state index >= 15 is 0 Å². The van der Waals surface area contributed by atoms with Gasteiger partial charge in [-0.3, -0.25) is 0 Å². The van der Waals surface area contributed by atoms with E-state index < -0.39 is 0 Å². The van der Waals surface area contributed by atoms with Crippen LogP contribution in [-0.4, -0.2) is 61.8 Å². The fourth-order valence-electron chi connectivity index (χ4n) is 0.911. The second kappa shape index (κ2) is 19.5. The minimum atomic E-state index is 0.265. The molecular weight excluding hydrogens is 188 g/mol. The van der Waals surface area contributed by atoms with Gasteiger partial charge in [0.1, 0.15) is 0 Å². The van der Waals surface area contributed by atoms with Crippen LogP contribution in [0.3, 0.4) is 0 Å². The molecule has 0 aliphatic heterocycles. The molecule has 0 saturated heterocycles. The third kappa shape index (κ3) is 20.1. The highest BCUT2D eigenvalue weighted by Gasteiger charge is 2.00. The van der Waals surface area contributed by atoms with Gasteiger partial charge < -0.3 is 14.9 Å². The van der Waals surface area contributed by atoms with Gasteiger partial charge in [-0.1, -0.05) is 34.6 Å². The molecule has 0 saturated carbocycles. The van der Waals surface area contributed by atoms with Crippen LogP contribution in [0.1, 0.15) is 34.6 Å². The molecule has 3 heteroatoms. The number of nitrogens with zero attached hydrogens (tertiary/aromatic N) is 2. The van der Waals surface area contributed by atoms with Crippen LogP contribution < -0.4 is 0 Å². The van der Waals surface area contributed by atoms with Gasteiger partial charge in [-0.2, -0.15) is 0 Å².